The molecule has 0 aromatic carbocycles. The van der Waals surface area contributed by atoms with Gasteiger partial charge in [-0.25, -0.2) is 0 Å². The van der Waals surface area contributed by atoms with Crippen LogP contribution >= 0.6 is 23.5 Å². The lowest BCUT2D eigenvalue weighted by molar-refractivity contribution is -0.124. The summed E-state index contributed by atoms with van der Waals surface area (Å²) in [5, 5.41) is 1.66. The van der Waals surface area contributed by atoms with Crippen LogP contribution < -0.4 is 0 Å². The molecule has 0 aromatic rings. The summed E-state index contributed by atoms with van der Waals surface area (Å²) in [7, 11) is 0. The van der Waals surface area contributed by atoms with Crippen LogP contribution in [0.15, 0.2) is 0 Å². The van der Waals surface area contributed by atoms with Crippen molar-refractivity contribution in [1.29, 1.82) is 0 Å². The van der Waals surface area contributed by atoms with Crippen molar-refractivity contribution in [2.75, 3.05) is 5.75 Å². The van der Waals surface area contributed by atoms with Crippen LogP contribution in [0.1, 0.15) is 33.1 Å². The Morgan fingerprint density at radius 1 is 1.21 bits per heavy atom. The van der Waals surface area contributed by atoms with Gasteiger partial charge in [0.25, 0.3) is 0 Å². The first-order chi connectivity index (χ1) is 6.68. The van der Waals surface area contributed by atoms with E-state index < -0.39 is 0 Å². The molecule has 0 N–H and O–H groups in total. The van der Waals surface area contributed by atoms with Crippen molar-refractivity contribution >= 4 is 29.3 Å². The van der Waals surface area contributed by atoms with E-state index in [9.17, 15) is 4.79 Å². The Labute approximate surface area is 94.8 Å². The van der Waals surface area contributed by atoms with Crippen LogP contribution in [0, 0.1) is 5.92 Å². The molecular weight excluding hydrogens is 212 g/mol. The maximum atomic E-state index is 12.0. The first-order valence-electron chi connectivity index (χ1n) is 5.49. The maximum absolute atomic E-state index is 12.0. The Hall–Kier alpha value is 0.370. The van der Waals surface area contributed by atoms with E-state index in [1.54, 1.807) is 0 Å². The molecule has 80 valence electrons. The monoisotopic (exact) mass is 230 g/mol. The average molecular weight is 230 g/mol. The molecule has 14 heavy (non-hydrogen) atoms. The van der Waals surface area contributed by atoms with E-state index >= 15 is 0 Å². The van der Waals surface area contributed by atoms with Gasteiger partial charge in [-0.3, -0.25) is 4.79 Å². The molecule has 1 heterocycles. The van der Waals surface area contributed by atoms with Crippen molar-refractivity contribution in [3.05, 3.63) is 0 Å². The van der Waals surface area contributed by atoms with Gasteiger partial charge in [-0.1, -0.05) is 20.3 Å². The highest BCUT2D eigenvalue weighted by molar-refractivity contribution is 8.08. The zero-order chi connectivity index (χ0) is 10.1. The molecule has 3 unspecified atom stereocenters. The largest absolute Gasteiger partial charge is 0.298 e. The van der Waals surface area contributed by atoms with Gasteiger partial charge < -0.3 is 0 Å². The Bertz CT molecular complexity index is 225. The lowest BCUT2D eigenvalue weighted by Crippen LogP contribution is -2.37. The molecule has 0 bridgehead atoms. The minimum Gasteiger partial charge on any atom is -0.298 e. The third-order valence-corrected chi connectivity index (χ3v) is 6.78. The number of hydrogen-bond acceptors (Lipinski definition) is 3. The van der Waals surface area contributed by atoms with Crippen molar-refractivity contribution < 1.29 is 4.79 Å². The molecule has 3 heteroatoms. The first kappa shape index (κ1) is 10.9. The highest BCUT2D eigenvalue weighted by Gasteiger charge is 2.35. The lowest BCUT2D eigenvalue weighted by Gasteiger charge is -2.34. The van der Waals surface area contributed by atoms with Crippen LogP contribution in [-0.2, 0) is 4.79 Å². The highest BCUT2D eigenvalue weighted by Crippen LogP contribution is 2.39. The molecule has 0 aromatic heterocycles. The Morgan fingerprint density at radius 2 is 1.93 bits per heavy atom. The van der Waals surface area contributed by atoms with Crippen molar-refractivity contribution in [3.8, 4) is 0 Å². The number of thioether (sulfide) groups is 2. The van der Waals surface area contributed by atoms with Gasteiger partial charge in [-0.2, -0.15) is 11.8 Å². The van der Waals surface area contributed by atoms with Gasteiger partial charge in [0.05, 0.1) is 5.25 Å². The Morgan fingerprint density at radius 3 is 2.43 bits per heavy atom. The van der Waals surface area contributed by atoms with Crippen LogP contribution in [0.4, 0.5) is 0 Å². The van der Waals surface area contributed by atoms with E-state index in [1.807, 2.05) is 23.5 Å². The van der Waals surface area contributed by atoms with Gasteiger partial charge in [0, 0.05) is 22.2 Å². The number of carbonyl (C=O) groups excluding carboxylic acids is 1. The maximum Gasteiger partial charge on any atom is 0.149 e. The second-order valence-corrected chi connectivity index (χ2v) is 7.39. The molecule has 0 amide bonds. The number of rotatable bonds is 2. The van der Waals surface area contributed by atoms with Crippen LogP contribution in [0.3, 0.4) is 0 Å². The molecule has 3 atom stereocenters. The van der Waals surface area contributed by atoms with Crippen molar-refractivity contribution in [2.24, 2.45) is 5.92 Å². The predicted molar refractivity (Wildman–Crippen MR) is 65.1 cm³/mol. The summed E-state index contributed by atoms with van der Waals surface area (Å²) in [6.07, 6.45) is 3.59. The zero-order valence-corrected chi connectivity index (χ0v) is 10.5. The van der Waals surface area contributed by atoms with E-state index in [0.717, 1.165) is 18.6 Å². The fourth-order valence-corrected chi connectivity index (χ4v) is 4.85. The van der Waals surface area contributed by atoms with Crippen LogP contribution in [0.2, 0.25) is 0 Å². The molecular formula is C11H18OS2. The summed E-state index contributed by atoms with van der Waals surface area (Å²) in [5.41, 5.74) is 0. The molecule has 1 saturated heterocycles. The fourth-order valence-electron chi connectivity index (χ4n) is 1.89. The van der Waals surface area contributed by atoms with Crippen molar-refractivity contribution in [2.45, 2.75) is 48.9 Å². The third-order valence-electron chi connectivity index (χ3n) is 3.38. The van der Waals surface area contributed by atoms with E-state index in [4.69, 9.17) is 0 Å². The fraction of sp³-hybridized carbons (Fsp3) is 0.909. The van der Waals surface area contributed by atoms with Crippen molar-refractivity contribution in [1.82, 2.24) is 0 Å². The predicted octanol–water partition coefficient (Wildman–Crippen LogP) is 2.98. The van der Waals surface area contributed by atoms with Gasteiger partial charge in [0.15, 0.2) is 0 Å². The minimum absolute atomic E-state index is 0.302. The summed E-state index contributed by atoms with van der Waals surface area (Å²) in [6.45, 7) is 4.52. The van der Waals surface area contributed by atoms with Crippen LogP contribution in [0.5, 0.6) is 0 Å². The molecule has 1 aliphatic heterocycles. The smallest absolute Gasteiger partial charge is 0.149 e. The summed E-state index contributed by atoms with van der Waals surface area (Å²) in [6, 6.07) is 0. The lowest BCUT2D eigenvalue weighted by atomic mass is 9.81. The van der Waals surface area contributed by atoms with E-state index in [-0.39, 0.29) is 0 Å². The third kappa shape index (κ3) is 2.13. The molecule has 1 nitrogen and oxygen atoms in total. The molecule has 1 aliphatic carbocycles. The summed E-state index contributed by atoms with van der Waals surface area (Å²) >= 11 is 3.88. The quantitative estimate of drug-likeness (QED) is 0.726. The molecule has 2 rings (SSSR count). The van der Waals surface area contributed by atoms with Crippen LogP contribution in [0.25, 0.3) is 0 Å². The van der Waals surface area contributed by atoms with E-state index in [2.05, 4.69) is 13.8 Å². The standard InChI is InChI=1S/C11H18OS2/c1-7-8(2)14-10(6-13-7)11(12)9-4-3-5-9/h7-10H,3-6H2,1-2H3. The normalized spacial score (nSPS) is 39.1. The van der Waals surface area contributed by atoms with Gasteiger partial charge in [0.1, 0.15) is 5.78 Å². The molecule has 0 radical (unpaired) electrons. The summed E-state index contributed by atoms with van der Waals surface area (Å²) in [5.74, 6) is 2.02. The van der Waals surface area contributed by atoms with E-state index in [0.29, 0.717) is 27.5 Å². The van der Waals surface area contributed by atoms with Crippen LogP contribution in [-0.4, -0.2) is 27.3 Å². The van der Waals surface area contributed by atoms with Gasteiger partial charge in [-0.05, 0) is 12.8 Å². The second kappa shape index (κ2) is 4.48. The number of carbonyl (C=O) groups is 1. The first-order valence-corrected chi connectivity index (χ1v) is 7.48. The zero-order valence-electron chi connectivity index (χ0n) is 8.86. The number of ketones is 1. The molecule has 2 aliphatic rings. The van der Waals surface area contributed by atoms with Crippen molar-refractivity contribution in [3.63, 3.8) is 0 Å². The minimum atomic E-state index is 0.302. The van der Waals surface area contributed by atoms with E-state index in [1.165, 1.54) is 6.42 Å². The molecule has 2 fully saturated rings. The number of hydrogen-bond donors (Lipinski definition) is 0. The summed E-state index contributed by atoms with van der Waals surface area (Å²) < 4.78 is 0. The molecule has 1 saturated carbocycles. The average Bonchev–Trinajstić information content (AvgIpc) is 2.06. The van der Waals surface area contributed by atoms with Gasteiger partial charge in [-0.15, -0.1) is 11.8 Å². The van der Waals surface area contributed by atoms with Gasteiger partial charge >= 0.3 is 0 Å². The topological polar surface area (TPSA) is 17.1 Å². The number of Topliss-reactive ketones (excluding diaryl/α,β-unsaturated/α-hetero) is 1. The Kier molecular flexibility index (Phi) is 3.48. The van der Waals surface area contributed by atoms with Gasteiger partial charge in [0.2, 0.25) is 0 Å². The highest BCUT2D eigenvalue weighted by atomic mass is 32.2. The molecule has 0 spiro atoms. The summed E-state index contributed by atoms with van der Waals surface area (Å²) in [4.78, 5) is 12.0. The second-order valence-electron chi connectivity index (χ2n) is 4.40. The Balaban J connectivity index is 1.88. The SMILES string of the molecule is CC1SCC(C(=O)C2CCC2)SC1C.